The summed E-state index contributed by atoms with van der Waals surface area (Å²) in [6.07, 6.45) is 0.659. The fraction of sp³-hybridized carbons (Fsp3) is 0.370. The molecule has 0 bridgehead atoms. The molecule has 0 aliphatic carbocycles. The van der Waals surface area contributed by atoms with Gasteiger partial charge in [0.25, 0.3) is 5.91 Å². The Morgan fingerprint density at radius 2 is 1.73 bits per heavy atom. The Hall–Kier alpha value is -2.63. The number of carbonyl (C=O) groups excluding carboxylic acids is 2. The lowest BCUT2D eigenvalue weighted by Crippen LogP contribution is -2.61. The molecule has 10 heteroatoms. The smallest absolute Gasteiger partial charge is 0.324 e. The van der Waals surface area contributed by atoms with Gasteiger partial charge in [0.15, 0.2) is 0 Å². The Kier molecular flexibility index (Phi) is 9.81. The first-order chi connectivity index (χ1) is 18.0. The van der Waals surface area contributed by atoms with Crippen molar-refractivity contribution in [2.75, 3.05) is 20.8 Å². The lowest BCUT2D eigenvalue weighted by Gasteiger charge is -2.40. The summed E-state index contributed by atoms with van der Waals surface area (Å²) in [5.41, 5.74) is 5.25. The minimum atomic E-state index is -0.715. The topological polar surface area (TPSA) is 84.0 Å². The van der Waals surface area contributed by atoms with E-state index in [1.165, 1.54) is 18.4 Å². The number of nitrogens with one attached hydrogen (secondary N) is 1. The molecule has 3 atom stereocenters. The minimum Gasteiger partial charge on any atom is -0.468 e. The number of nitrogens with zero attached hydrogens (tertiary/aromatic N) is 3. The lowest BCUT2D eigenvalue weighted by atomic mass is 10.0. The van der Waals surface area contributed by atoms with E-state index in [0.29, 0.717) is 42.1 Å². The van der Waals surface area contributed by atoms with Gasteiger partial charge in [-0.3, -0.25) is 19.5 Å². The molecule has 0 radical (unpaired) electrons. The number of aromatic nitrogens is 1. The van der Waals surface area contributed by atoms with E-state index in [2.05, 4.69) is 31.2 Å². The van der Waals surface area contributed by atoms with Crippen LogP contribution in [0.1, 0.15) is 35.1 Å². The van der Waals surface area contributed by atoms with Gasteiger partial charge < -0.3 is 9.47 Å². The Morgan fingerprint density at radius 1 is 1.11 bits per heavy atom. The van der Waals surface area contributed by atoms with Crippen LogP contribution in [0.4, 0.5) is 0 Å². The van der Waals surface area contributed by atoms with Gasteiger partial charge in [-0.15, -0.1) is 11.3 Å². The molecule has 1 saturated heterocycles. The molecule has 0 unspecified atom stereocenters. The molecule has 1 fully saturated rings. The Labute approximate surface area is 229 Å². The predicted molar refractivity (Wildman–Crippen MR) is 145 cm³/mol. The maximum atomic E-state index is 14.3. The summed E-state index contributed by atoms with van der Waals surface area (Å²) in [5, 5.41) is 4.13. The van der Waals surface area contributed by atoms with Crippen LogP contribution in [0.25, 0.3) is 0 Å². The van der Waals surface area contributed by atoms with Crippen LogP contribution < -0.4 is 5.43 Å². The van der Waals surface area contributed by atoms with E-state index >= 15 is 0 Å². The van der Waals surface area contributed by atoms with Crippen molar-refractivity contribution in [1.29, 1.82) is 0 Å². The molecule has 37 heavy (non-hydrogen) atoms. The second kappa shape index (κ2) is 13.3. The van der Waals surface area contributed by atoms with Crippen LogP contribution in [0.3, 0.4) is 0 Å². The zero-order chi connectivity index (χ0) is 26.2. The van der Waals surface area contributed by atoms with Crippen LogP contribution in [-0.4, -0.2) is 59.6 Å². The average molecular weight is 588 g/mol. The van der Waals surface area contributed by atoms with Crippen molar-refractivity contribution in [3.8, 4) is 0 Å². The first kappa shape index (κ1) is 27.4. The first-order valence-corrected chi connectivity index (χ1v) is 13.8. The minimum absolute atomic E-state index is 0.182. The maximum absolute atomic E-state index is 14.3. The molecule has 196 valence electrons. The molecule has 8 nitrogen and oxygen atoms in total. The van der Waals surface area contributed by atoms with Crippen LogP contribution >= 0.6 is 27.3 Å². The van der Waals surface area contributed by atoms with Crippen LogP contribution in [-0.2, 0) is 32.2 Å². The lowest BCUT2D eigenvalue weighted by molar-refractivity contribution is -0.155. The quantitative estimate of drug-likeness (QED) is 0.354. The standard InChI is InChI=1S/C27H31BrN4O4S/c1-35-24(25-29-22(28)18-37-25)23(26(33)32-15-9-14-21(30-32)27(34)36-2)31(16-19-10-5-3-6-11-19)17-20-12-7-4-8-13-20/h3-8,10-13,18,21,23-24,30H,9,14-17H2,1-2H3/t21-,23-,24-/m0/s1. The second-order valence-electron chi connectivity index (χ2n) is 8.82. The number of rotatable bonds is 10. The van der Waals surface area contributed by atoms with Gasteiger partial charge in [-0.25, -0.2) is 10.4 Å². The van der Waals surface area contributed by atoms with Crippen LogP contribution in [0, 0.1) is 0 Å². The highest BCUT2D eigenvalue weighted by molar-refractivity contribution is 9.10. The largest absolute Gasteiger partial charge is 0.468 e. The highest BCUT2D eigenvalue weighted by Gasteiger charge is 2.41. The number of hydrogen-bond acceptors (Lipinski definition) is 8. The Morgan fingerprint density at radius 3 is 2.24 bits per heavy atom. The summed E-state index contributed by atoms with van der Waals surface area (Å²) >= 11 is 4.88. The van der Waals surface area contributed by atoms with Gasteiger partial charge in [-0.1, -0.05) is 60.7 Å². The third kappa shape index (κ3) is 7.03. The first-order valence-electron chi connectivity index (χ1n) is 12.1. The van der Waals surface area contributed by atoms with Gasteiger partial charge in [-0.05, 0) is 39.9 Å². The van der Waals surface area contributed by atoms with Gasteiger partial charge in [0.2, 0.25) is 0 Å². The number of hydrogen-bond donors (Lipinski definition) is 1. The fourth-order valence-corrected chi connectivity index (χ4v) is 5.91. The summed E-state index contributed by atoms with van der Waals surface area (Å²) in [5.74, 6) is -0.565. The van der Waals surface area contributed by atoms with Crippen molar-refractivity contribution in [3.63, 3.8) is 0 Å². The molecule has 2 aromatic carbocycles. The Bertz CT molecular complexity index is 1120. The molecule has 4 rings (SSSR count). The van der Waals surface area contributed by atoms with Crippen LogP contribution in [0.15, 0.2) is 70.6 Å². The van der Waals surface area contributed by atoms with E-state index in [0.717, 1.165) is 11.1 Å². The molecule has 1 aromatic heterocycles. The predicted octanol–water partition coefficient (Wildman–Crippen LogP) is 4.33. The van der Waals surface area contributed by atoms with Gasteiger partial charge in [0.1, 0.15) is 27.8 Å². The van der Waals surface area contributed by atoms with E-state index in [9.17, 15) is 9.59 Å². The van der Waals surface area contributed by atoms with E-state index < -0.39 is 18.2 Å². The van der Waals surface area contributed by atoms with Crippen molar-refractivity contribution in [2.45, 2.75) is 44.1 Å². The summed E-state index contributed by atoms with van der Waals surface area (Å²) in [4.78, 5) is 33.3. The summed E-state index contributed by atoms with van der Waals surface area (Å²) < 4.78 is 11.6. The van der Waals surface area contributed by atoms with Crippen molar-refractivity contribution in [1.82, 2.24) is 20.3 Å². The molecular weight excluding hydrogens is 556 g/mol. The molecule has 0 spiro atoms. The summed E-state index contributed by atoms with van der Waals surface area (Å²) in [7, 11) is 2.96. The van der Waals surface area contributed by atoms with Crippen molar-refractivity contribution < 1.29 is 19.1 Å². The van der Waals surface area contributed by atoms with E-state index in [1.54, 1.807) is 12.1 Å². The second-order valence-corrected chi connectivity index (χ2v) is 10.5. The maximum Gasteiger partial charge on any atom is 0.324 e. The van der Waals surface area contributed by atoms with Gasteiger partial charge in [-0.2, -0.15) is 0 Å². The monoisotopic (exact) mass is 586 g/mol. The normalized spacial score (nSPS) is 17.4. The number of hydrazine groups is 1. The molecule has 2 heterocycles. The number of ether oxygens (including phenoxy) is 2. The molecule has 3 aromatic rings. The van der Waals surface area contributed by atoms with E-state index in [4.69, 9.17) is 9.47 Å². The molecule has 1 aliphatic heterocycles. The average Bonchev–Trinajstić information content (AvgIpc) is 3.37. The third-order valence-electron chi connectivity index (χ3n) is 6.32. The Balaban J connectivity index is 1.73. The number of thiazole rings is 1. The number of amides is 1. The van der Waals surface area contributed by atoms with Gasteiger partial charge >= 0.3 is 5.97 Å². The zero-order valence-electron chi connectivity index (χ0n) is 20.9. The number of methoxy groups -OCH3 is 2. The van der Waals surface area contributed by atoms with Gasteiger partial charge in [0, 0.05) is 32.1 Å². The van der Waals surface area contributed by atoms with E-state index in [1.807, 2.05) is 66.0 Å². The SMILES string of the molecule is COC(=O)[C@@H]1CCCN(C(=O)[C@H]([C@H](OC)c2nc(Br)cs2)N(Cc2ccccc2)Cc2ccccc2)N1. The van der Waals surface area contributed by atoms with Crippen LogP contribution in [0.5, 0.6) is 0 Å². The number of carbonyl (C=O) groups is 2. The number of benzene rings is 2. The molecule has 0 saturated carbocycles. The van der Waals surface area contributed by atoms with Gasteiger partial charge in [0.05, 0.1) is 7.11 Å². The highest BCUT2D eigenvalue weighted by atomic mass is 79.9. The van der Waals surface area contributed by atoms with E-state index in [-0.39, 0.29) is 11.9 Å². The molecule has 1 amide bonds. The number of esters is 1. The molecule has 1 aliphatic rings. The summed E-state index contributed by atoms with van der Waals surface area (Å²) in [6, 6.07) is 18.8. The fourth-order valence-electron chi connectivity index (χ4n) is 4.55. The van der Waals surface area contributed by atoms with Crippen molar-refractivity contribution in [3.05, 3.63) is 86.8 Å². The van der Waals surface area contributed by atoms with Crippen molar-refractivity contribution >= 4 is 39.1 Å². The summed E-state index contributed by atoms with van der Waals surface area (Å²) in [6.45, 7) is 1.52. The molecular formula is C27H31BrN4O4S. The molecule has 1 N–H and O–H groups in total. The van der Waals surface area contributed by atoms with Crippen molar-refractivity contribution in [2.24, 2.45) is 0 Å². The zero-order valence-corrected chi connectivity index (χ0v) is 23.3. The third-order valence-corrected chi connectivity index (χ3v) is 7.93. The highest BCUT2D eigenvalue weighted by Crippen LogP contribution is 2.32. The van der Waals surface area contributed by atoms with Crippen LogP contribution in [0.2, 0.25) is 0 Å². The number of halogens is 1.